The molecule has 2 aliphatic rings. The number of piperazine rings is 2. The Morgan fingerprint density at radius 3 is 2.26 bits per heavy atom. The van der Waals surface area contributed by atoms with Crippen LogP contribution in [0.15, 0.2) is 35.1 Å². The molecule has 1 unspecified atom stereocenters. The molecule has 34 heavy (non-hydrogen) atoms. The van der Waals surface area contributed by atoms with Gasteiger partial charge in [-0.25, -0.2) is 4.98 Å². The van der Waals surface area contributed by atoms with Crippen LogP contribution < -0.4 is 4.90 Å². The smallest absolute Gasteiger partial charge is 0.417 e. The van der Waals surface area contributed by atoms with Gasteiger partial charge in [0.05, 0.1) is 22.9 Å². The third kappa shape index (κ3) is 5.15. The average Bonchev–Trinajstić information content (AvgIpc) is 3.37. The molecule has 0 bridgehead atoms. The molecule has 2 aliphatic heterocycles. The zero-order chi connectivity index (χ0) is 24.5. The van der Waals surface area contributed by atoms with E-state index in [1.807, 2.05) is 16.7 Å². The highest BCUT2D eigenvalue weighted by atomic mass is 35.5. The van der Waals surface area contributed by atoms with Gasteiger partial charge >= 0.3 is 6.18 Å². The number of rotatable bonds is 4. The van der Waals surface area contributed by atoms with Crippen molar-refractivity contribution in [2.45, 2.75) is 19.1 Å². The lowest BCUT2D eigenvalue weighted by Gasteiger charge is -2.41. The van der Waals surface area contributed by atoms with Crippen molar-refractivity contribution in [3.05, 3.63) is 47.0 Å². The van der Waals surface area contributed by atoms with Gasteiger partial charge in [-0.15, -0.1) is 0 Å². The van der Waals surface area contributed by atoms with Crippen molar-refractivity contribution in [3.63, 3.8) is 0 Å². The van der Waals surface area contributed by atoms with Crippen molar-refractivity contribution in [1.29, 1.82) is 0 Å². The molecule has 12 heteroatoms. The summed E-state index contributed by atoms with van der Waals surface area (Å²) in [6, 6.07) is 3.81. The third-order valence-corrected chi connectivity index (χ3v) is 6.56. The zero-order valence-electron chi connectivity index (χ0n) is 18.6. The predicted octanol–water partition coefficient (Wildman–Crippen LogP) is 2.84. The van der Waals surface area contributed by atoms with Crippen LogP contribution in [0.2, 0.25) is 5.02 Å². The van der Waals surface area contributed by atoms with Crippen molar-refractivity contribution in [2.75, 3.05) is 57.3 Å². The maximum Gasteiger partial charge on any atom is 0.417 e. The molecule has 2 fully saturated rings. The molecular formula is C22H25ClF3N5O3. The first-order valence-electron chi connectivity index (χ1n) is 11.0. The van der Waals surface area contributed by atoms with E-state index < -0.39 is 11.7 Å². The van der Waals surface area contributed by atoms with E-state index in [-0.39, 0.29) is 28.6 Å². The summed E-state index contributed by atoms with van der Waals surface area (Å²) >= 11 is 6.07. The second kappa shape index (κ2) is 9.83. The number of carbonyl (C=O) groups is 2. The molecule has 0 spiro atoms. The summed E-state index contributed by atoms with van der Waals surface area (Å²) in [4.78, 5) is 36.7. The molecule has 2 amide bonds. The van der Waals surface area contributed by atoms with Gasteiger partial charge in [-0.2, -0.15) is 13.2 Å². The summed E-state index contributed by atoms with van der Waals surface area (Å²) in [6.45, 7) is 5.67. The first kappa shape index (κ1) is 24.3. The van der Waals surface area contributed by atoms with Gasteiger partial charge in [-0.05, 0) is 25.1 Å². The number of anilines is 1. The molecule has 0 aromatic carbocycles. The van der Waals surface area contributed by atoms with E-state index in [0.717, 1.165) is 12.3 Å². The number of carbonyl (C=O) groups excluding carboxylic acids is 2. The summed E-state index contributed by atoms with van der Waals surface area (Å²) in [7, 11) is 0. The summed E-state index contributed by atoms with van der Waals surface area (Å²) in [5, 5.41) is -0.0469. The van der Waals surface area contributed by atoms with E-state index >= 15 is 0 Å². The Balaban J connectivity index is 1.28. The van der Waals surface area contributed by atoms with E-state index in [9.17, 15) is 22.8 Å². The Bertz CT molecular complexity index is 1020. The van der Waals surface area contributed by atoms with Crippen LogP contribution in [0, 0.1) is 0 Å². The van der Waals surface area contributed by atoms with Gasteiger partial charge in [0.15, 0.2) is 5.76 Å². The summed E-state index contributed by atoms with van der Waals surface area (Å²) in [5.41, 5.74) is -0.884. The maximum atomic E-state index is 13.0. The number of aromatic nitrogens is 1. The van der Waals surface area contributed by atoms with E-state index in [1.54, 1.807) is 21.9 Å². The fraction of sp³-hybridized carbons (Fsp3) is 0.500. The van der Waals surface area contributed by atoms with Crippen LogP contribution in [0.5, 0.6) is 0 Å². The lowest BCUT2D eigenvalue weighted by molar-refractivity contribution is -0.138. The number of furan rings is 1. The van der Waals surface area contributed by atoms with Crippen LogP contribution >= 0.6 is 11.6 Å². The largest absolute Gasteiger partial charge is 0.459 e. The molecule has 0 saturated carbocycles. The van der Waals surface area contributed by atoms with Crippen molar-refractivity contribution in [2.24, 2.45) is 0 Å². The summed E-state index contributed by atoms with van der Waals surface area (Å²) < 4.78 is 43.7. The first-order valence-corrected chi connectivity index (χ1v) is 11.4. The number of nitrogens with zero attached hydrogens (tertiary/aromatic N) is 5. The fourth-order valence-corrected chi connectivity index (χ4v) is 4.53. The van der Waals surface area contributed by atoms with Crippen LogP contribution in [-0.4, -0.2) is 89.9 Å². The van der Waals surface area contributed by atoms with Gasteiger partial charge in [0.2, 0.25) is 5.91 Å². The zero-order valence-corrected chi connectivity index (χ0v) is 19.3. The van der Waals surface area contributed by atoms with Crippen LogP contribution in [0.25, 0.3) is 0 Å². The number of pyridine rings is 1. The average molecular weight is 500 g/mol. The highest BCUT2D eigenvalue weighted by Crippen LogP contribution is 2.33. The number of amides is 2. The molecule has 1 atom stereocenters. The molecule has 184 valence electrons. The maximum absolute atomic E-state index is 13.0. The Morgan fingerprint density at radius 2 is 1.71 bits per heavy atom. The normalized spacial score (nSPS) is 18.8. The minimum absolute atomic E-state index is 0.00997. The molecule has 0 N–H and O–H groups in total. The van der Waals surface area contributed by atoms with Crippen LogP contribution in [0.1, 0.15) is 23.0 Å². The predicted molar refractivity (Wildman–Crippen MR) is 119 cm³/mol. The monoisotopic (exact) mass is 499 g/mol. The molecule has 2 aromatic heterocycles. The quantitative estimate of drug-likeness (QED) is 0.644. The van der Waals surface area contributed by atoms with Gasteiger partial charge in [0, 0.05) is 58.6 Å². The minimum atomic E-state index is -4.50. The van der Waals surface area contributed by atoms with E-state index in [4.69, 9.17) is 16.0 Å². The molecule has 4 heterocycles. The Hall–Kier alpha value is -2.79. The lowest BCUT2D eigenvalue weighted by atomic mass is 10.1. The Morgan fingerprint density at radius 1 is 1.06 bits per heavy atom. The molecule has 4 rings (SSSR count). The van der Waals surface area contributed by atoms with Crippen LogP contribution in [0.4, 0.5) is 19.0 Å². The van der Waals surface area contributed by atoms with Crippen LogP contribution in [-0.2, 0) is 11.0 Å². The van der Waals surface area contributed by atoms with Gasteiger partial charge in [-0.1, -0.05) is 11.6 Å². The molecule has 2 aromatic rings. The lowest BCUT2D eigenvalue weighted by Crippen LogP contribution is -2.58. The number of halogens is 4. The topological polar surface area (TPSA) is 73.1 Å². The molecule has 0 aliphatic carbocycles. The van der Waals surface area contributed by atoms with E-state index in [0.29, 0.717) is 58.2 Å². The van der Waals surface area contributed by atoms with Crippen molar-refractivity contribution in [3.8, 4) is 0 Å². The van der Waals surface area contributed by atoms with Crippen molar-refractivity contribution >= 4 is 29.2 Å². The first-order chi connectivity index (χ1) is 16.1. The summed E-state index contributed by atoms with van der Waals surface area (Å²) in [6.07, 6.45) is -2.26. The van der Waals surface area contributed by atoms with Crippen molar-refractivity contribution in [1.82, 2.24) is 19.7 Å². The van der Waals surface area contributed by atoms with Gasteiger partial charge in [0.1, 0.15) is 5.82 Å². The number of alkyl halides is 3. The highest BCUT2D eigenvalue weighted by Gasteiger charge is 2.34. The number of hydrogen-bond donors (Lipinski definition) is 0. The summed E-state index contributed by atoms with van der Waals surface area (Å²) in [5.74, 6) is 0.403. The molecule has 8 nitrogen and oxygen atoms in total. The Labute approximate surface area is 199 Å². The van der Waals surface area contributed by atoms with E-state index in [2.05, 4.69) is 4.98 Å². The standard InChI is InChI=1S/C22H25ClF3N5O3/c1-15(20(32)30-8-10-31(11-9-30)21(33)18-3-2-12-34-18)28-4-6-29(7-5-28)19-17(23)13-16(14-27-19)22(24,25)26/h2-3,12-15H,4-11H2,1H3. The molecule has 0 radical (unpaired) electrons. The third-order valence-electron chi connectivity index (χ3n) is 6.28. The van der Waals surface area contributed by atoms with E-state index in [1.165, 1.54) is 6.26 Å². The van der Waals surface area contributed by atoms with Gasteiger partial charge < -0.3 is 19.1 Å². The fourth-order valence-electron chi connectivity index (χ4n) is 4.25. The SMILES string of the molecule is CC(C(=O)N1CCN(C(=O)c2ccco2)CC1)N1CCN(c2ncc(C(F)(F)F)cc2Cl)CC1. The minimum Gasteiger partial charge on any atom is -0.459 e. The second-order valence-electron chi connectivity index (χ2n) is 8.32. The molecular weight excluding hydrogens is 475 g/mol. The Kier molecular flexibility index (Phi) is 7.04. The number of hydrogen-bond acceptors (Lipinski definition) is 6. The van der Waals surface area contributed by atoms with Crippen LogP contribution in [0.3, 0.4) is 0 Å². The van der Waals surface area contributed by atoms with Gasteiger partial charge in [-0.3, -0.25) is 14.5 Å². The molecule has 2 saturated heterocycles. The highest BCUT2D eigenvalue weighted by molar-refractivity contribution is 6.33. The van der Waals surface area contributed by atoms with Crippen molar-refractivity contribution < 1.29 is 27.2 Å². The van der Waals surface area contributed by atoms with Gasteiger partial charge in [0.25, 0.3) is 5.91 Å². The second-order valence-corrected chi connectivity index (χ2v) is 8.73.